The van der Waals surface area contributed by atoms with Gasteiger partial charge in [0, 0.05) is 23.9 Å². The number of hydrogen-bond donors (Lipinski definition) is 0. The molecule has 2 nitrogen and oxygen atoms in total. The number of aromatic nitrogens is 1. The second-order valence-electron chi connectivity index (χ2n) is 2.53. The Morgan fingerprint density at radius 2 is 2.60 bits per heavy atom. The smallest absolute Gasteiger partial charge is 0.0929 e. The van der Waals surface area contributed by atoms with E-state index in [0.717, 1.165) is 25.6 Å². The summed E-state index contributed by atoms with van der Waals surface area (Å²) in [6.45, 7) is 1.86. The molecule has 1 saturated heterocycles. The van der Waals surface area contributed by atoms with Crippen LogP contribution < -0.4 is 0 Å². The third-order valence-corrected chi connectivity index (χ3v) is 2.46. The zero-order valence-corrected chi connectivity index (χ0v) is 6.43. The van der Waals surface area contributed by atoms with Crippen LogP contribution in [-0.4, -0.2) is 18.2 Å². The van der Waals surface area contributed by atoms with Crippen LogP contribution in [0.5, 0.6) is 0 Å². The summed E-state index contributed by atoms with van der Waals surface area (Å²) in [4.78, 5) is 4.20. The summed E-state index contributed by atoms with van der Waals surface area (Å²) in [5, 5.41) is 3.27. The number of nitrogens with zero attached hydrogens (tertiary/aromatic N) is 1. The third-order valence-electron chi connectivity index (χ3n) is 1.65. The molecular weight excluding hydrogens is 146 g/mol. The summed E-state index contributed by atoms with van der Waals surface area (Å²) >= 11 is 1.73. The molecule has 0 aliphatic carbocycles. The fourth-order valence-electron chi connectivity index (χ4n) is 1.00. The number of thiazole rings is 1. The van der Waals surface area contributed by atoms with E-state index in [0.29, 0.717) is 0 Å². The lowest BCUT2D eigenvalue weighted by molar-refractivity contribution is -0.0312. The van der Waals surface area contributed by atoms with Gasteiger partial charge in [-0.05, 0) is 0 Å². The van der Waals surface area contributed by atoms with Crippen molar-refractivity contribution in [2.45, 2.75) is 6.42 Å². The van der Waals surface area contributed by atoms with Gasteiger partial charge in [-0.15, -0.1) is 11.3 Å². The molecule has 0 aromatic carbocycles. The summed E-state index contributed by atoms with van der Waals surface area (Å²) in [6.07, 6.45) is 2.97. The van der Waals surface area contributed by atoms with Crippen molar-refractivity contribution in [2.75, 3.05) is 13.2 Å². The van der Waals surface area contributed by atoms with Crippen molar-refractivity contribution in [3.63, 3.8) is 0 Å². The highest BCUT2D eigenvalue weighted by molar-refractivity contribution is 7.09. The molecule has 3 heteroatoms. The van der Waals surface area contributed by atoms with Gasteiger partial charge in [-0.25, -0.2) is 4.98 Å². The highest BCUT2D eigenvalue weighted by atomic mass is 32.1. The van der Waals surface area contributed by atoms with Gasteiger partial charge in [-0.2, -0.15) is 0 Å². The van der Waals surface area contributed by atoms with Crippen LogP contribution in [0.2, 0.25) is 0 Å². The monoisotopic (exact) mass is 155 g/mol. The molecular formula is C7H9NOS. The maximum atomic E-state index is 5.06. The van der Waals surface area contributed by atoms with E-state index in [9.17, 15) is 0 Å². The van der Waals surface area contributed by atoms with Crippen molar-refractivity contribution in [1.82, 2.24) is 4.98 Å². The molecule has 1 aromatic heterocycles. The molecule has 0 N–H and O–H groups in total. The minimum atomic E-state index is 0.742. The van der Waals surface area contributed by atoms with Crippen LogP contribution in [0.25, 0.3) is 0 Å². The third kappa shape index (κ3) is 1.20. The molecule has 0 unspecified atom stereocenters. The van der Waals surface area contributed by atoms with E-state index in [1.807, 2.05) is 11.6 Å². The van der Waals surface area contributed by atoms with Crippen LogP contribution in [0.3, 0.4) is 0 Å². The topological polar surface area (TPSA) is 22.1 Å². The van der Waals surface area contributed by atoms with Crippen molar-refractivity contribution in [3.05, 3.63) is 16.6 Å². The minimum absolute atomic E-state index is 0.742. The second kappa shape index (κ2) is 2.68. The van der Waals surface area contributed by atoms with E-state index in [2.05, 4.69) is 4.98 Å². The standard InChI is InChI=1S/C7H9NOS/c1-2-10-7(8-1)3-6-4-9-5-6/h1-2,6H,3-5H2. The lowest BCUT2D eigenvalue weighted by atomic mass is 10.1. The maximum Gasteiger partial charge on any atom is 0.0929 e. The maximum absolute atomic E-state index is 5.06. The van der Waals surface area contributed by atoms with Crippen molar-refractivity contribution in [1.29, 1.82) is 0 Å². The van der Waals surface area contributed by atoms with Gasteiger partial charge in [0.25, 0.3) is 0 Å². The molecule has 0 saturated carbocycles. The molecule has 1 aromatic rings. The Bertz CT molecular complexity index is 193. The highest BCUT2D eigenvalue weighted by Gasteiger charge is 2.19. The van der Waals surface area contributed by atoms with E-state index in [1.54, 1.807) is 11.3 Å². The van der Waals surface area contributed by atoms with Gasteiger partial charge in [0.2, 0.25) is 0 Å². The molecule has 2 rings (SSSR count). The van der Waals surface area contributed by atoms with Gasteiger partial charge >= 0.3 is 0 Å². The fourth-order valence-corrected chi connectivity index (χ4v) is 1.74. The van der Waals surface area contributed by atoms with E-state index in [-0.39, 0.29) is 0 Å². The average Bonchev–Trinajstić information content (AvgIpc) is 2.29. The van der Waals surface area contributed by atoms with Crippen LogP contribution in [0.15, 0.2) is 11.6 Å². The first-order chi connectivity index (χ1) is 4.95. The average molecular weight is 155 g/mol. The van der Waals surface area contributed by atoms with Crippen LogP contribution in [0.4, 0.5) is 0 Å². The molecule has 2 heterocycles. The van der Waals surface area contributed by atoms with Crippen LogP contribution in [0, 0.1) is 5.92 Å². The van der Waals surface area contributed by atoms with Gasteiger partial charge in [-0.1, -0.05) is 0 Å². The fraction of sp³-hybridized carbons (Fsp3) is 0.571. The Kier molecular flexibility index (Phi) is 1.69. The number of hydrogen-bond acceptors (Lipinski definition) is 3. The summed E-state index contributed by atoms with van der Waals surface area (Å²) in [6, 6.07) is 0. The quantitative estimate of drug-likeness (QED) is 0.643. The SMILES string of the molecule is c1csc(CC2COC2)n1. The summed E-state index contributed by atoms with van der Waals surface area (Å²) in [7, 11) is 0. The predicted octanol–water partition coefficient (Wildman–Crippen LogP) is 1.33. The van der Waals surface area contributed by atoms with Crippen molar-refractivity contribution in [3.8, 4) is 0 Å². The minimum Gasteiger partial charge on any atom is -0.381 e. The summed E-state index contributed by atoms with van der Waals surface area (Å²) in [5.41, 5.74) is 0. The molecule has 0 spiro atoms. The van der Waals surface area contributed by atoms with Crippen LogP contribution >= 0.6 is 11.3 Å². The van der Waals surface area contributed by atoms with Crippen molar-refractivity contribution >= 4 is 11.3 Å². The van der Waals surface area contributed by atoms with Crippen LogP contribution in [0.1, 0.15) is 5.01 Å². The summed E-state index contributed by atoms with van der Waals surface area (Å²) in [5.74, 6) is 0.742. The first kappa shape index (κ1) is 6.31. The highest BCUT2D eigenvalue weighted by Crippen LogP contribution is 2.17. The zero-order valence-electron chi connectivity index (χ0n) is 5.62. The van der Waals surface area contributed by atoms with Gasteiger partial charge in [0.1, 0.15) is 0 Å². The van der Waals surface area contributed by atoms with E-state index < -0.39 is 0 Å². The predicted molar refractivity (Wildman–Crippen MR) is 40.1 cm³/mol. The largest absolute Gasteiger partial charge is 0.381 e. The normalized spacial score (nSPS) is 18.8. The lowest BCUT2D eigenvalue weighted by Gasteiger charge is -2.24. The Morgan fingerprint density at radius 3 is 3.10 bits per heavy atom. The Hall–Kier alpha value is -0.410. The molecule has 0 atom stereocenters. The molecule has 1 aliphatic heterocycles. The first-order valence-corrected chi connectivity index (χ1v) is 4.29. The Balaban J connectivity index is 1.90. The molecule has 0 amide bonds. The zero-order chi connectivity index (χ0) is 6.81. The molecule has 1 fully saturated rings. The number of ether oxygens (including phenoxy) is 1. The van der Waals surface area contributed by atoms with Gasteiger partial charge in [0.05, 0.1) is 18.2 Å². The Labute approximate surface area is 63.9 Å². The Morgan fingerprint density at radius 1 is 1.70 bits per heavy atom. The van der Waals surface area contributed by atoms with E-state index >= 15 is 0 Å². The first-order valence-electron chi connectivity index (χ1n) is 3.41. The second-order valence-corrected chi connectivity index (χ2v) is 3.51. The van der Waals surface area contributed by atoms with Gasteiger partial charge in [0.15, 0.2) is 0 Å². The van der Waals surface area contributed by atoms with Gasteiger partial charge < -0.3 is 4.74 Å². The van der Waals surface area contributed by atoms with E-state index in [4.69, 9.17) is 4.74 Å². The molecule has 0 bridgehead atoms. The van der Waals surface area contributed by atoms with Crippen LogP contribution in [-0.2, 0) is 11.2 Å². The molecule has 10 heavy (non-hydrogen) atoms. The van der Waals surface area contributed by atoms with Crippen molar-refractivity contribution in [2.24, 2.45) is 5.92 Å². The molecule has 1 aliphatic rings. The molecule has 0 radical (unpaired) electrons. The van der Waals surface area contributed by atoms with Crippen molar-refractivity contribution < 1.29 is 4.74 Å². The van der Waals surface area contributed by atoms with Gasteiger partial charge in [-0.3, -0.25) is 0 Å². The molecule has 54 valence electrons. The van der Waals surface area contributed by atoms with E-state index in [1.165, 1.54) is 5.01 Å². The summed E-state index contributed by atoms with van der Waals surface area (Å²) < 4.78 is 5.06. The lowest BCUT2D eigenvalue weighted by Crippen LogP contribution is -2.29. The number of rotatable bonds is 2.